The third kappa shape index (κ3) is 6.44. The van der Waals surface area contributed by atoms with Gasteiger partial charge in [-0.05, 0) is 56.1 Å². The van der Waals surface area contributed by atoms with Gasteiger partial charge in [0.05, 0.1) is 40.9 Å². The van der Waals surface area contributed by atoms with Crippen LogP contribution in [0, 0.1) is 0 Å². The van der Waals surface area contributed by atoms with Gasteiger partial charge in [-0.1, -0.05) is 0 Å². The lowest BCUT2D eigenvalue weighted by atomic mass is 10.2. The Morgan fingerprint density at radius 1 is 0.688 bits per heavy atom. The summed E-state index contributed by atoms with van der Waals surface area (Å²) in [5, 5.41) is 7.55. The van der Waals surface area contributed by atoms with Crippen LogP contribution in [-0.4, -0.2) is 52.7 Å². The number of hydrogen-bond donors (Lipinski definition) is 2. The number of hydrogen-bond acceptors (Lipinski definition) is 8. The molecule has 0 aliphatic heterocycles. The van der Waals surface area contributed by atoms with E-state index < -0.39 is 11.8 Å². The molecule has 0 heterocycles. The molecule has 0 aliphatic carbocycles. The molecule has 0 saturated heterocycles. The lowest BCUT2D eigenvalue weighted by molar-refractivity contribution is -0.139. The molecule has 0 aromatic heterocycles. The highest BCUT2D eigenvalue weighted by Crippen LogP contribution is 2.33. The van der Waals surface area contributed by atoms with Gasteiger partial charge in [-0.15, -0.1) is 0 Å². The van der Waals surface area contributed by atoms with Crippen molar-refractivity contribution in [3.8, 4) is 23.0 Å². The number of benzene rings is 2. The molecule has 0 spiro atoms. The van der Waals surface area contributed by atoms with E-state index in [1.807, 2.05) is 0 Å². The van der Waals surface area contributed by atoms with E-state index in [4.69, 9.17) is 18.9 Å². The van der Waals surface area contributed by atoms with Gasteiger partial charge in [-0.3, -0.25) is 9.59 Å². The normalized spacial score (nSPS) is 10.8. The third-order valence-electron chi connectivity index (χ3n) is 3.95. The van der Waals surface area contributed by atoms with Crippen LogP contribution in [-0.2, 0) is 9.59 Å². The van der Waals surface area contributed by atoms with Gasteiger partial charge in [0, 0.05) is 20.1 Å². The molecule has 2 rings (SSSR count). The van der Waals surface area contributed by atoms with Crippen molar-refractivity contribution < 1.29 is 28.5 Å². The minimum absolute atomic E-state index is 0.483. The number of halogens is 2. The summed E-state index contributed by atoms with van der Waals surface area (Å²) in [7, 11) is 6.03. The fourth-order valence-corrected chi connectivity index (χ4v) is 3.21. The van der Waals surface area contributed by atoms with Crippen molar-refractivity contribution in [2.24, 2.45) is 10.2 Å². The summed E-state index contributed by atoms with van der Waals surface area (Å²) in [5.41, 5.74) is 5.44. The maximum atomic E-state index is 11.9. The molecule has 0 saturated carbocycles. The zero-order valence-electron chi connectivity index (χ0n) is 17.6. The number of carbonyl (C=O) groups excluding carboxylic acids is 2. The maximum Gasteiger partial charge on any atom is 0.331 e. The number of nitrogens with one attached hydrogen (secondary N) is 2. The molecule has 12 heteroatoms. The van der Waals surface area contributed by atoms with Gasteiger partial charge in [0.25, 0.3) is 0 Å². The fraction of sp³-hybridized carbons (Fsp3) is 0.200. The summed E-state index contributed by atoms with van der Waals surface area (Å²) < 4.78 is 22.1. The van der Waals surface area contributed by atoms with Crippen LogP contribution >= 0.6 is 31.9 Å². The molecule has 170 valence electrons. The van der Waals surface area contributed by atoms with Crippen LogP contribution < -0.4 is 29.8 Å². The molecule has 10 nitrogen and oxygen atoms in total. The number of nitrogens with zero attached hydrogens (tertiary/aromatic N) is 2. The molecule has 32 heavy (non-hydrogen) atoms. The quantitative estimate of drug-likeness (QED) is 0.286. The number of carbonyl (C=O) groups is 2. The summed E-state index contributed by atoms with van der Waals surface area (Å²) in [6, 6.07) is 6.69. The van der Waals surface area contributed by atoms with Crippen molar-refractivity contribution >= 4 is 56.1 Å². The standard InChI is InChI=1S/C20H20Br2N4O6/c1-29-15-5-11(13(21)7-17(15)31-3)9-23-25-19(27)20(28)26-24-10-12-6-16(30-2)18(32-4)8-14(12)22/h5-10H,1-4H3,(H,25,27)(H,26,28)/b23-9+,24-10?. The molecule has 0 aliphatic rings. The van der Waals surface area contributed by atoms with E-state index in [1.54, 1.807) is 24.3 Å². The zero-order chi connectivity index (χ0) is 23.7. The van der Waals surface area contributed by atoms with Crippen LogP contribution in [0.4, 0.5) is 0 Å². The second kappa shape index (κ2) is 12.1. The van der Waals surface area contributed by atoms with Crippen molar-refractivity contribution in [3.63, 3.8) is 0 Å². The van der Waals surface area contributed by atoms with Crippen LogP contribution in [0.1, 0.15) is 11.1 Å². The number of amides is 2. The zero-order valence-corrected chi connectivity index (χ0v) is 20.7. The molecular formula is C20H20Br2N4O6. The van der Waals surface area contributed by atoms with Crippen molar-refractivity contribution in [1.29, 1.82) is 0 Å². The minimum Gasteiger partial charge on any atom is -0.493 e. The second-order valence-corrected chi connectivity index (χ2v) is 7.56. The Hall–Kier alpha value is -3.12. The van der Waals surface area contributed by atoms with E-state index in [2.05, 4.69) is 52.9 Å². The SMILES string of the molecule is COc1cc(Br)c(C=NNC(=O)C(=O)N/N=C/c2cc(OC)c(OC)cc2Br)cc1OC. The summed E-state index contributed by atoms with van der Waals surface area (Å²) in [6.07, 6.45) is 2.70. The summed E-state index contributed by atoms with van der Waals surface area (Å²) in [6.45, 7) is 0. The highest BCUT2D eigenvalue weighted by Gasteiger charge is 2.13. The molecule has 2 aromatic carbocycles. The highest BCUT2D eigenvalue weighted by atomic mass is 79.9. The van der Waals surface area contributed by atoms with Crippen LogP contribution in [0.3, 0.4) is 0 Å². The largest absolute Gasteiger partial charge is 0.493 e. The first-order valence-corrected chi connectivity index (χ1v) is 10.4. The van der Waals surface area contributed by atoms with E-state index in [1.165, 1.54) is 40.9 Å². The Bertz CT molecular complexity index is 975. The van der Waals surface area contributed by atoms with Crippen molar-refractivity contribution in [2.45, 2.75) is 0 Å². The number of methoxy groups -OCH3 is 4. The minimum atomic E-state index is -0.999. The Kier molecular flexibility index (Phi) is 9.47. The van der Waals surface area contributed by atoms with E-state index in [0.29, 0.717) is 43.1 Å². The van der Waals surface area contributed by atoms with Crippen LogP contribution in [0.15, 0.2) is 43.4 Å². The second-order valence-electron chi connectivity index (χ2n) is 5.86. The molecule has 0 unspecified atom stereocenters. The van der Waals surface area contributed by atoms with Gasteiger partial charge >= 0.3 is 11.8 Å². The monoisotopic (exact) mass is 570 g/mol. The molecule has 2 N–H and O–H groups in total. The molecular weight excluding hydrogens is 552 g/mol. The van der Waals surface area contributed by atoms with Crippen LogP contribution in [0.25, 0.3) is 0 Å². The van der Waals surface area contributed by atoms with E-state index in [0.717, 1.165) is 0 Å². The Morgan fingerprint density at radius 3 is 1.31 bits per heavy atom. The van der Waals surface area contributed by atoms with Crippen LogP contribution in [0.2, 0.25) is 0 Å². The number of hydrazone groups is 2. The van der Waals surface area contributed by atoms with E-state index >= 15 is 0 Å². The van der Waals surface area contributed by atoms with Gasteiger partial charge in [-0.2, -0.15) is 10.2 Å². The molecule has 2 aromatic rings. The number of rotatable bonds is 8. The highest BCUT2D eigenvalue weighted by molar-refractivity contribution is 9.10. The predicted octanol–water partition coefficient (Wildman–Crippen LogP) is 2.85. The lowest BCUT2D eigenvalue weighted by Crippen LogP contribution is -2.35. The lowest BCUT2D eigenvalue weighted by Gasteiger charge is -2.09. The maximum absolute atomic E-state index is 11.9. The van der Waals surface area contributed by atoms with Gasteiger partial charge in [0.2, 0.25) is 0 Å². The van der Waals surface area contributed by atoms with Gasteiger partial charge in [0.1, 0.15) is 0 Å². The molecule has 0 fully saturated rings. The Balaban J connectivity index is 1.99. The van der Waals surface area contributed by atoms with Gasteiger partial charge < -0.3 is 18.9 Å². The first kappa shape index (κ1) is 25.1. The third-order valence-corrected chi connectivity index (χ3v) is 5.32. The van der Waals surface area contributed by atoms with Gasteiger partial charge in [-0.25, -0.2) is 10.9 Å². The summed E-state index contributed by atoms with van der Waals surface area (Å²) in [5.74, 6) is 0.0225. The average Bonchev–Trinajstić information content (AvgIpc) is 2.80. The summed E-state index contributed by atoms with van der Waals surface area (Å²) in [4.78, 5) is 23.8. The van der Waals surface area contributed by atoms with Gasteiger partial charge in [0.15, 0.2) is 23.0 Å². The predicted molar refractivity (Wildman–Crippen MR) is 126 cm³/mol. The first-order chi connectivity index (χ1) is 15.3. The average molecular weight is 572 g/mol. The van der Waals surface area contributed by atoms with Crippen LogP contribution in [0.5, 0.6) is 23.0 Å². The van der Waals surface area contributed by atoms with Crippen molar-refractivity contribution in [3.05, 3.63) is 44.3 Å². The Morgan fingerprint density at radius 2 is 1.00 bits per heavy atom. The first-order valence-electron chi connectivity index (χ1n) is 8.84. The molecule has 2 amide bonds. The van der Waals surface area contributed by atoms with E-state index in [9.17, 15) is 9.59 Å². The summed E-state index contributed by atoms with van der Waals surface area (Å²) >= 11 is 6.74. The fourth-order valence-electron chi connectivity index (χ4n) is 2.36. The van der Waals surface area contributed by atoms with Crippen molar-refractivity contribution in [2.75, 3.05) is 28.4 Å². The van der Waals surface area contributed by atoms with Crippen molar-refractivity contribution in [1.82, 2.24) is 10.9 Å². The molecule has 0 radical (unpaired) electrons. The topological polar surface area (TPSA) is 120 Å². The van der Waals surface area contributed by atoms with E-state index in [-0.39, 0.29) is 0 Å². The number of ether oxygens (including phenoxy) is 4. The Labute approximate surface area is 201 Å². The molecule has 0 atom stereocenters. The molecule has 0 bridgehead atoms. The smallest absolute Gasteiger partial charge is 0.331 e.